The number of fused-ring (bicyclic) bond motifs is 1. The largest absolute Gasteiger partial charge is 0.465 e. The number of rotatable bonds is 3. The van der Waals surface area contributed by atoms with E-state index in [1.807, 2.05) is 6.07 Å². The third kappa shape index (κ3) is 1.84. The third-order valence-corrected chi connectivity index (χ3v) is 2.27. The monoisotopic (exact) mass is 220 g/mol. The Morgan fingerprint density at radius 2 is 2.19 bits per heavy atom. The lowest BCUT2D eigenvalue weighted by Gasteiger charge is -2.03. The summed E-state index contributed by atoms with van der Waals surface area (Å²) in [4.78, 5) is 22.8. The number of hydrogen-bond acceptors (Lipinski definition) is 3. The SMILES string of the molecule is CCOC(=O)Cn1[nH]c(=O)c2ccccc21. The summed E-state index contributed by atoms with van der Waals surface area (Å²) < 4.78 is 6.32. The predicted molar refractivity (Wildman–Crippen MR) is 59.2 cm³/mol. The van der Waals surface area contributed by atoms with Crippen LogP contribution in [-0.2, 0) is 16.1 Å². The van der Waals surface area contributed by atoms with Crippen molar-refractivity contribution in [1.29, 1.82) is 0 Å². The molecule has 0 spiro atoms. The molecule has 1 N–H and O–H groups in total. The molecule has 0 aliphatic heterocycles. The Bertz CT molecular complexity index is 568. The zero-order valence-electron chi connectivity index (χ0n) is 8.90. The number of aromatic nitrogens is 2. The number of hydrogen-bond donors (Lipinski definition) is 1. The van der Waals surface area contributed by atoms with E-state index in [9.17, 15) is 9.59 Å². The molecule has 16 heavy (non-hydrogen) atoms. The molecule has 0 saturated heterocycles. The van der Waals surface area contributed by atoms with Gasteiger partial charge in [-0.1, -0.05) is 12.1 Å². The molecule has 1 aromatic carbocycles. The van der Waals surface area contributed by atoms with Gasteiger partial charge in [0.1, 0.15) is 6.54 Å². The zero-order chi connectivity index (χ0) is 11.5. The molecule has 84 valence electrons. The summed E-state index contributed by atoms with van der Waals surface area (Å²) >= 11 is 0. The topological polar surface area (TPSA) is 64.1 Å². The highest BCUT2D eigenvalue weighted by Crippen LogP contribution is 2.08. The first-order valence-corrected chi connectivity index (χ1v) is 5.05. The first-order valence-electron chi connectivity index (χ1n) is 5.05. The number of carbonyl (C=O) groups is 1. The molecular formula is C11H12N2O3. The summed E-state index contributed by atoms with van der Waals surface area (Å²) in [5.41, 5.74) is 0.514. The number of esters is 1. The predicted octanol–water partition coefficient (Wildman–Crippen LogP) is 0.893. The fraction of sp³-hybridized carbons (Fsp3) is 0.273. The van der Waals surface area contributed by atoms with Crippen LogP contribution < -0.4 is 5.56 Å². The van der Waals surface area contributed by atoms with Gasteiger partial charge < -0.3 is 4.74 Å². The summed E-state index contributed by atoms with van der Waals surface area (Å²) in [6.45, 7) is 2.10. The van der Waals surface area contributed by atoms with Gasteiger partial charge in [-0.2, -0.15) is 0 Å². The van der Waals surface area contributed by atoms with Crippen LogP contribution >= 0.6 is 0 Å². The minimum absolute atomic E-state index is 0.0244. The van der Waals surface area contributed by atoms with Crippen molar-refractivity contribution in [3.63, 3.8) is 0 Å². The van der Waals surface area contributed by atoms with Crippen LogP contribution in [0.2, 0.25) is 0 Å². The molecule has 0 aliphatic rings. The van der Waals surface area contributed by atoms with E-state index in [0.29, 0.717) is 17.5 Å². The standard InChI is InChI=1S/C11H12N2O3/c1-2-16-10(14)7-13-9-6-4-3-5-8(9)11(15)12-13/h3-6H,2,7H2,1H3,(H,12,15). The molecule has 2 aromatic rings. The lowest BCUT2D eigenvalue weighted by Crippen LogP contribution is -2.15. The molecule has 5 heteroatoms. The molecule has 1 heterocycles. The van der Waals surface area contributed by atoms with Crippen LogP contribution in [-0.4, -0.2) is 22.4 Å². The average molecular weight is 220 g/mol. The van der Waals surface area contributed by atoms with E-state index in [0.717, 1.165) is 0 Å². The second kappa shape index (κ2) is 4.22. The van der Waals surface area contributed by atoms with E-state index >= 15 is 0 Å². The van der Waals surface area contributed by atoms with Gasteiger partial charge in [0.05, 0.1) is 17.5 Å². The van der Waals surface area contributed by atoms with Gasteiger partial charge in [0.2, 0.25) is 0 Å². The van der Waals surface area contributed by atoms with E-state index in [2.05, 4.69) is 5.10 Å². The van der Waals surface area contributed by atoms with Gasteiger partial charge in [0.25, 0.3) is 5.56 Å². The summed E-state index contributed by atoms with van der Waals surface area (Å²) in [6.07, 6.45) is 0. The van der Waals surface area contributed by atoms with Crippen molar-refractivity contribution >= 4 is 16.9 Å². The van der Waals surface area contributed by atoms with Gasteiger partial charge in [-0.15, -0.1) is 0 Å². The second-order valence-electron chi connectivity index (χ2n) is 3.35. The molecule has 0 fully saturated rings. The van der Waals surface area contributed by atoms with E-state index < -0.39 is 0 Å². The molecule has 1 aromatic heterocycles. The molecule has 5 nitrogen and oxygen atoms in total. The van der Waals surface area contributed by atoms with Crippen LogP contribution in [0.15, 0.2) is 29.1 Å². The van der Waals surface area contributed by atoms with Crippen molar-refractivity contribution in [2.24, 2.45) is 0 Å². The lowest BCUT2D eigenvalue weighted by atomic mass is 10.2. The van der Waals surface area contributed by atoms with Gasteiger partial charge >= 0.3 is 5.97 Å². The molecule has 0 amide bonds. The van der Waals surface area contributed by atoms with Crippen molar-refractivity contribution in [2.45, 2.75) is 13.5 Å². The maximum Gasteiger partial charge on any atom is 0.327 e. The van der Waals surface area contributed by atoms with Crippen molar-refractivity contribution in [3.8, 4) is 0 Å². The highest BCUT2D eigenvalue weighted by Gasteiger charge is 2.09. The van der Waals surface area contributed by atoms with Crippen molar-refractivity contribution < 1.29 is 9.53 Å². The van der Waals surface area contributed by atoms with E-state index in [-0.39, 0.29) is 18.1 Å². The molecule has 2 rings (SSSR count). The summed E-state index contributed by atoms with van der Waals surface area (Å²) in [7, 11) is 0. The van der Waals surface area contributed by atoms with Crippen molar-refractivity contribution in [2.75, 3.05) is 6.61 Å². The van der Waals surface area contributed by atoms with E-state index in [4.69, 9.17) is 4.74 Å². The van der Waals surface area contributed by atoms with Crippen LogP contribution in [0, 0.1) is 0 Å². The van der Waals surface area contributed by atoms with Crippen molar-refractivity contribution in [1.82, 2.24) is 9.78 Å². The van der Waals surface area contributed by atoms with Gasteiger partial charge in [-0.25, -0.2) is 0 Å². The summed E-state index contributed by atoms with van der Waals surface area (Å²) in [6, 6.07) is 7.10. The van der Waals surface area contributed by atoms with Gasteiger partial charge in [0.15, 0.2) is 0 Å². The number of carbonyl (C=O) groups excluding carboxylic acids is 1. The van der Waals surface area contributed by atoms with Crippen molar-refractivity contribution in [3.05, 3.63) is 34.6 Å². The Labute approximate surface area is 91.6 Å². The number of H-pyrrole nitrogens is 1. The minimum atomic E-state index is -0.362. The van der Waals surface area contributed by atoms with Crippen LogP contribution in [0.25, 0.3) is 10.9 Å². The third-order valence-electron chi connectivity index (χ3n) is 2.27. The Morgan fingerprint density at radius 1 is 1.44 bits per heavy atom. The molecule has 0 unspecified atom stereocenters. The normalized spacial score (nSPS) is 10.6. The summed E-state index contributed by atoms with van der Waals surface area (Å²) in [5.74, 6) is -0.362. The lowest BCUT2D eigenvalue weighted by molar-refractivity contribution is -0.143. The molecule has 0 radical (unpaired) electrons. The smallest absolute Gasteiger partial charge is 0.327 e. The molecule has 0 atom stereocenters. The fourth-order valence-corrected chi connectivity index (χ4v) is 1.60. The summed E-state index contributed by atoms with van der Waals surface area (Å²) in [5, 5.41) is 3.18. The highest BCUT2D eigenvalue weighted by molar-refractivity contribution is 5.80. The Hall–Kier alpha value is -2.04. The van der Waals surface area contributed by atoms with E-state index in [1.165, 1.54) is 4.68 Å². The zero-order valence-corrected chi connectivity index (χ0v) is 8.90. The van der Waals surface area contributed by atoms with Crippen LogP contribution in [0.4, 0.5) is 0 Å². The number of aromatic amines is 1. The van der Waals surface area contributed by atoms with Gasteiger partial charge in [-0.05, 0) is 19.1 Å². The fourth-order valence-electron chi connectivity index (χ4n) is 1.60. The highest BCUT2D eigenvalue weighted by atomic mass is 16.5. The number of nitrogens with one attached hydrogen (secondary N) is 1. The number of para-hydroxylation sites is 1. The number of nitrogens with zero attached hydrogens (tertiary/aromatic N) is 1. The van der Waals surface area contributed by atoms with Gasteiger partial charge in [-0.3, -0.25) is 19.4 Å². The average Bonchev–Trinajstić information content (AvgIpc) is 2.57. The second-order valence-corrected chi connectivity index (χ2v) is 3.35. The quantitative estimate of drug-likeness (QED) is 0.781. The Kier molecular flexibility index (Phi) is 2.76. The Balaban J connectivity index is 2.38. The molecule has 0 aliphatic carbocycles. The molecular weight excluding hydrogens is 208 g/mol. The van der Waals surface area contributed by atoms with Crippen LogP contribution in [0.1, 0.15) is 6.92 Å². The molecule has 0 bridgehead atoms. The maximum atomic E-state index is 11.5. The number of benzene rings is 1. The Morgan fingerprint density at radius 3 is 2.94 bits per heavy atom. The van der Waals surface area contributed by atoms with Gasteiger partial charge in [0, 0.05) is 0 Å². The first kappa shape index (κ1) is 10.5. The van der Waals surface area contributed by atoms with E-state index in [1.54, 1.807) is 25.1 Å². The maximum absolute atomic E-state index is 11.5. The molecule has 0 saturated carbocycles. The van der Waals surface area contributed by atoms with Crippen LogP contribution in [0.5, 0.6) is 0 Å². The first-order chi connectivity index (χ1) is 7.72. The van der Waals surface area contributed by atoms with Crippen LogP contribution in [0.3, 0.4) is 0 Å². The number of ether oxygens (including phenoxy) is 1. The minimum Gasteiger partial charge on any atom is -0.465 e.